The van der Waals surface area contributed by atoms with Crippen molar-refractivity contribution in [1.82, 2.24) is 0 Å². The largest absolute Gasteiger partial charge is 0.456 e. The molecule has 0 unspecified atom stereocenters. The number of fused-ring (bicyclic) bond motifs is 7. The molecule has 0 fully saturated rings. The molecule has 0 radical (unpaired) electrons. The van der Waals surface area contributed by atoms with Gasteiger partial charge in [-0.3, -0.25) is 0 Å². The first kappa shape index (κ1) is 14.8. The van der Waals surface area contributed by atoms with Crippen molar-refractivity contribution in [3.8, 4) is 33.6 Å². The molecule has 214 valence electrons. The number of rotatable bonds is 3. The summed E-state index contributed by atoms with van der Waals surface area (Å²) in [6.07, 6.45) is 0. The Labute approximate surface area is 285 Å². The van der Waals surface area contributed by atoms with Crippen molar-refractivity contribution in [2.24, 2.45) is 0 Å². The third-order valence-electron chi connectivity index (χ3n) is 8.33. The van der Waals surface area contributed by atoms with Gasteiger partial charge in [-0.2, -0.15) is 0 Å². The van der Waals surface area contributed by atoms with Crippen LogP contribution < -0.4 is 0 Å². The highest BCUT2D eigenvalue weighted by molar-refractivity contribution is 6.22. The molecule has 10 aromatic rings. The molecule has 0 amide bonds. The zero-order valence-electron chi connectivity index (χ0n) is 38.7. The first-order valence-corrected chi connectivity index (χ1v) is 14.4. The summed E-state index contributed by atoms with van der Waals surface area (Å²) in [6.45, 7) is 0. The lowest BCUT2D eigenvalue weighted by Crippen LogP contribution is -1.91. The van der Waals surface area contributed by atoms with E-state index in [2.05, 4.69) is 0 Å². The molecular weight excluding hydrogens is 560 g/mol. The second kappa shape index (κ2) is 9.69. The van der Waals surface area contributed by atoms with Crippen LogP contribution in [0.3, 0.4) is 0 Å². The molecule has 0 aliphatic carbocycles. The predicted molar refractivity (Wildman–Crippen MR) is 192 cm³/mol. The Kier molecular flexibility index (Phi) is 3.11. The van der Waals surface area contributed by atoms with Crippen LogP contribution in [0.1, 0.15) is 20.6 Å². The first-order valence-electron chi connectivity index (χ1n) is 21.9. The summed E-state index contributed by atoms with van der Waals surface area (Å²) in [7, 11) is 0. The average molecular weight is 602 g/mol. The summed E-state index contributed by atoms with van der Waals surface area (Å²) in [5.41, 5.74) is 1.73. The van der Waals surface area contributed by atoms with Crippen LogP contribution in [-0.2, 0) is 0 Å². The van der Waals surface area contributed by atoms with Gasteiger partial charge in [0.2, 0.25) is 0 Å². The number of hydrogen-bond donors (Lipinski definition) is 0. The standard InChI is InChI=1S/C44H26O2/c1-2-11-28(12-3-1)39-24-32-25-42-38(26-40(32)45-39)33-21-20-31(23-41(33)46-42)44-36-16-8-6-14-34(36)43(35-15-7-9-17-37(35)44)30-19-18-27-10-4-5-13-29(27)22-30/h1-26H/i4D,5D,6D,7D,8D,9D,10D,13D,14D,15D,16D,17D,18D,19D,22D. The Bertz CT molecular complexity index is 3570. The highest BCUT2D eigenvalue weighted by atomic mass is 16.3. The molecule has 0 bridgehead atoms. The number of hydrogen-bond acceptors (Lipinski definition) is 2. The van der Waals surface area contributed by atoms with E-state index in [0.717, 1.165) is 10.9 Å². The summed E-state index contributed by atoms with van der Waals surface area (Å²) in [5.74, 6) is 0.674. The first-order chi connectivity index (χ1) is 29.0. The quantitative estimate of drug-likeness (QED) is 0.188. The van der Waals surface area contributed by atoms with Gasteiger partial charge in [0.15, 0.2) is 0 Å². The van der Waals surface area contributed by atoms with E-state index in [0.29, 0.717) is 33.3 Å². The van der Waals surface area contributed by atoms with Crippen molar-refractivity contribution in [3.05, 3.63) is 157 Å². The van der Waals surface area contributed by atoms with Crippen molar-refractivity contribution >= 4 is 65.2 Å². The fourth-order valence-electron chi connectivity index (χ4n) is 6.28. The van der Waals surface area contributed by atoms with Crippen LogP contribution >= 0.6 is 0 Å². The van der Waals surface area contributed by atoms with Crippen LogP contribution in [0.5, 0.6) is 0 Å². The Morgan fingerprint density at radius 2 is 1.04 bits per heavy atom. The van der Waals surface area contributed by atoms with Crippen molar-refractivity contribution in [1.29, 1.82) is 0 Å². The molecule has 8 aromatic carbocycles. The van der Waals surface area contributed by atoms with E-state index >= 15 is 0 Å². The summed E-state index contributed by atoms with van der Waals surface area (Å²) in [6, 6.07) is 10.1. The summed E-state index contributed by atoms with van der Waals surface area (Å²) in [4.78, 5) is 0. The molecule has 2 nitrogen and oxygen atoms in total. The van der Waals surface area contributed by atoms with Crippen LogP contribution in [0.15, 0.2) is 166 Å². The Hall–Kier alpha value is -6.12. The van der Waals surface area contributed by atoms with E-state index in [9.17, 15) is 8.22 Å². The zero-order chi connectivity index (χ0) is 43.2. The molecule has 0 spiro atoms. The van der Waals surface area contributed by atoms with Crippen molar-refractivity contribution in [2.45, 2.75) is 0 Å². The van der Waals surface area contributed by atoms with E-state index in [4.69, 9.17) is 21.2 Å². The fourth-order valence-corrected chi connectivity index (χ4v) is 6.28. The number of furan rings is 2. The lowest BCUT2D eigenvalue weighted by atomic mass is 9.85. The molecule has 2 heterocycles. The van der Waals surface area contributed by atoms with Crippen LogP contribution in [0.4, 0.5) is 0 Å². The van der Waals surface area contributed by atoms with Crippen LogP contribution in [0, 0.1) is 0 Å². The highest BCUT2D eigenvalue weighted by Crippen LogP contribution is 2.45. The molecule has 0 aliphatic rings. The van der Waals surface area contributed by atoms with Crippen LogP contribution in [0.2, 0.25) is 0 Å². The van der Waals surface area contributed by atoms with E-state index in [1.807, 2.05) is 48.5 Å². The zero-order valence-corrected chi connectivity index (χ0v) is 23.7. The van der Waals surface area contributed by atoms with Gasteiger partial charge in [-0.25, -0.2) is 0 Å². The smallest absolute Gasteiger partial charge is 0.136 e. The van der Waals surface area contributed by atoms with Crippen molar-refractivity contribution in [3.63, 3.8) is 0 Å². The van der Waals surface area contributed by atoms with Gasteiger partial charge in [0, 0.05) is 21.7 Å². The second-order valence-corrected chi connectivity index (χ2v) is 10.9. The minimum absolute atomic E-state index is 0.0109. The van der Waals surface area contributed by atoms with Gasteiger partial charge in [-0.05, 0) is 90.9 Å². The van der Waals surface area contributed by atoms with Gasteiger partial charge in [-0.15, -0.1) is 0 Å². The molecule has 0 N–H and O–H groups in total. The summed E-state index contributed by atoms with van der Waals surface area (Å²) >= 11 is 0. The second-order valence-electron chi connectivity index (χ2n) is 10.9. The van der Waals surface area contributed by atoms with E-state index in [-0.39, 0.29) is 38.2 Å². The molecular formula is C44H26O2. The number of benzene rings is 8. The van der Waals surface area contributed by atoms with Crippen molar-refractivity contribution in [2.75, 3.05) is 0 Å². The SMILES string of the molecule is [2H]c1c([2H])c([2H])c2c([2H])c(-c3c4c([2H])c([2H])c([2H])c([2H])c4c(-c4ccc5c(c4)oc4cc6cc(-c7ccccc7)oc6cc45)c4c([2H])c([2H])c([2H])c([2H])c34)c([2H])c([2H])c2c1[2H]. The fraction of sp³-hybridized carbons (Fsp3) is 0. The third kappa shape index (κ3) is 3.77. The Morgan fingerprint density at radius 3 is 1.78 bits per heavy atom. The van der Waals surface area contributed by atoms with Crippen LogP contribution in [0.25, 0.3) is 98.8 Å². The average Bonchev–Trinajstić information content (AvgIpc) is 3.84. The maximum atomic E-state index is 9.41. The van der Waals surface area contributed by atoms with Gasteiger partial charge in [0.25, 0.3) is 0 Å². The maximum absolute atomic E-state index is 9.41. The molecule has 0 aliphatic heterocycles. The van der Waals surface area contributed by atoms with Crippen molar-refractivity contribution < 1.29 is 29.4 Å². The monoisotopic (exact) mass is 601 g/mol. The van der Waals surface area contributed by atoms with Gasteiger partial charge in [0.1, 0.15) is 22.5 Å². The summed E-state index contributed by atoms with van der Waals surface area (Å²) < 4.78 is 146. The Balaban J connectivity index is 1.35. The van der Waals surface area contributed by atoms with E-state index in [1.165, 1.54) is 0 Å². The van der Waals surface area contributed by atoms with Gasteiger partial charge in [-0.1, -0.05) is 121 Å². The maximum Gasteiger partial charge on any atom is 0.136 e. The summed E-state index contributed by atoms with van der Waals surface area (Å²) in [5, 5.41) is 0.249. The molecule has 0 saturated heterocycles. The third-order valence-corrected chi connectivity index (χ3v) is 8.33. The van der Waals surface area contributed by atoms with E-state index in [1.54, 1.807) is 18.2 Å². The molecule has 2 heteroatoms. The molecule has 0 atom stereocenters. The molecule has 10 rings (SSSR count). The highest BCUT2D eigenvalue weighted by Gasteiger charge is 2.19. The van der Waals surface area contributed by atoms with Gasteiger partial charge < -0.3 is 8.83 Å². The topological polar surface area (TPSA) is 26.3 Å². The lowest BCUT2D eigenvalue weighted by Gasteiger charge is -2.18. The normalized spacial score (nSPS) is 16.5. The predicted octanol–water partition coefficient (Wildman–Crippen LogP) is 12.8. The molecule has 0 saturated carbocycles. The minimum atomic E-state index is -0.747. The molecule has 46 heavy (non-hydrogen) atoms. The molecule has 2 aromatic heterocycles. The van der Waals surface area contributed by atoms with E-state index < -0.39 is 107 Å². The minimum Gasteiger partial charge on any atom is -0.456 e. The Morgan fingerprint density at radius 1 is 0.391 bits per heavy atom. The lowest BCUT2D eigenvalue weighted by molar-refractivity contribution is 0.631. The van der Waals surface area contributed by atoms with Gasteiger partial charge in [0.05, 0.1) is 20.6 Å². The van der Waals surface area contributed by atoms with Crippen LogP contribution in [-0.4, -0.2) is 0 Å². The van der Waals surface area contributed by atoms with Gasteiger partial charge >= 0.3 is 0 Å².